The van der Waals surface area contributed by atoms with Crippen LogP contribution in [0.25, 0.3) is 0 Å². The van der Waals surface area contributed by atoms with Gasteiger partial charge in [-0.1, -0.05) is 6.07 Å². The predicted molar refractivity (Wildman–Crippen MR) is 67.4 cm³/mol. The molecule has 0 bridgehead atoms. The van der Waals surface area contributed by atoms with Crippen molar-refractivity contribution in [1.29, 1.82) is 0 Å². The maximum Gasteiger partial charge on any atom is 0.312 e. The number of carbonyl (C=O) groups excluding carboxylic acids is 1. The number of hydrogen-bond donors (Lipinski definition) is 3. The Kier molecular flexibility index (Phi) is 3.49. The van der Waals surface area contributed by atoms with Crippen LogP contribution >= 0.6 is 0 Å². The van der Waals surface area contributed by atoms with Crippen LogP contribution in [0.1, 0.15) is 11.1 Å². The fourth-order valence-corrected chi connectivity index (χ4v) is 2.16. The number of nitrogens with one attached hydrogen (secondary N) is 1. The number of amides is 2. The van der Waals surface area contributed by atoms with Crippen molar-refractivity contribution in [1.82, 2.24) is 10.2 Å². The molecular weight excluding hydrogens is 216 g/mol. The van der Waals surface area contributed by atoms with Gasteiger partial charge in [0.15, 0.2) is 0 Å². The van der Waals surface area contributed by atoms with Crippen LogP contribution in [-0.4, -0.2) is 30.6 Å². The highest BCUT2D eigenvalue weighted by Gasteiger charge is 2.15. The number of hydrogen-bond acceptors (Lipinski definition) is 3. The van der Waals surface area contributed by atoms with E-state index in [2.05, 4.69) is 16.3 Å². The molecule has 0 unspecified atom stereocenters. The molecular formula is C12H18N4O. The van der Waals surface area contributed by atoms with Crippen LogP contribution in [0.3, 0.4) is 0 Å². The lowest BCUT2D eigenvalue weighted by Crippen LogP contribution is -2.39. The number of nitrogens with zero attached hydrogens (tertiary/aromatic N) is 1. The van der Waals surface area contributed by atoms with E-state index in [0.29, 0.717) is 6.54 Å². The Balaban J connectivity index is 1.90. The number of benzene rings is 1. The molecule has 1 aliphatic heterocycles. The van der Waals surface area contributed by atoms with Crippen LogP contribution in [-0.2, 0) is 13.0 Å². The summed E-state index contributed by atoms with van der Waals surface area (Å²) in [5.74, 6) is 0. The molecule has 2 rings (SSSR count). The Hall–Kier alpha value is -1.75. The van der Waals surface area contributed by atoms with E-state index in [1.54, 1.807) is 0 Å². The van der Waals surface area contributed by atoms with E-state index in [1.807, 2.05) is 12.1 Å². The molecule has 0 saturated heterocycles. The van der Waals surface area contributed by atoms with Crippen LogP contribution in [0.5, 0.6) is 0 Å². The lowest BCUT2D eigenvalue weighted by Gasteiger charge is -2.28. The molecule has 5 nitrogen and oxygen atoms in total. The number of anilines is 1. The Morgan fingerprint density at radius 2 is 2.24 bits per heavy atom. The van der Waals surface area contributed by atoms with Crippen molar-refractivity contribution < 1.29 is 4.79 Å². The van der Waals surface area contributed by atoms with E-state index in [-0.39, 0.29) is 0 Å². The zero-order valence-corrected chi connectivity index (χ0v) is 9.78. The number of primary amides is 1. The average Bonchev–Trinajstić information content (AvgIpc) is 2.29. The highest BCUT2D eigenvalue weighted by atomic mass is 16.2. The average molecular weight is 234 g/mol. The third-order valence-electron chi connectivity index (χ3n) is 3.05. The Morgan fingerprint density at radius 1 is 1.41 bits per heavy atom. The van der Waals surface area contributed by atoms with Gasteiger partial charge < -0.3 is 16.8 Å². The molecule has 1 heterocycles. The summed E-state index contributed by atoms with van der Waals surface area (Å²) >= 11 is 0. The second-order valence-corrected chi connectivity index (χ2v) is 4.35. The van der Waals surface area contributed by atoms with Crippen molar-refractivity contribution in [2.45, 2.75) is 13.0 Å². The third-order valence-corrected chi connectivity index (χ3v) is 3.05. The van der Waals surface area contributed by atoms with Crippen molar-refractivity contribution in [3.63, 3.8) is 0 Å². The molecule has 0 aromatic heterocycles. The minimum atomic E-state index is -0.463. The first kappa shape index (κ1) is 11.7. The first-order valence-corrected chi connectivity index (χ1v) is 5.78. The number of fused-ring (bicyclic) bond motifs is 1. The second kappa shape index (κ2) is 5.05. The Bertz CT molecular complexity index is 419. The summed E-state index contributed by atoms with van der Waals surface area (Å²) < 4.78 is 0. The molecule has 92 valence electrons. The zero-order chi connectivity index (χ0) is 12.3. The molecule has 0 aliphatic carbocycles. The number of carbonyl (C=O) groups is 1. The molecule has 0 atom stereocenters. The van der Waals surface area contributed by atoms with Gasteiger partial charge >= 0.3 is 6.03 Å². The lowest BCUT2D eigenvalue weighted by atomic mass is 9.99. The molecule has 5 heteroatoms. The van der Waals surface area contributed by atoms with Crippen LogP contribution in [0.4, 0.5) is 10.5 Å². The van der Waals surface area contributed by atoms with Crippen molar-refractivity contribution in [3.05, 3.63) is 29.3 Å². The van der Waals surface area contributed by atoms with Gasteiger partial charge in [0, 0.05) is 31.9 Å². The minimum absolute atomic E-state index is 0.463. The third kappa shape index (κ3) is 3.10. The second-order valence-electron chi connectivity index (χ2n) is 4.35. The molecule has 1 aromatic carbocycles. The molecule has 1 aliphatic rings. The molecule has 0 fully saturated rings. The van der Waals surface area contributed by atoms with E-state index >= 15 is 0 Å². The highest BCUT2D eigenvalue weighted by Crippen LogP contribution is 2.20. The quantitative estimate of drug-likeness (QED) is 0.657. The van der Waals surface area contributed by atoms with Crippen LogP contribution in [0.2, 0.25) is 0 Å². The normalized spacial score (nSPS) is 15.3. The largest absolute Gasteiger partial charge is 0.399 e. The van der Waals surface area contributed by atoms with E-state index in [4.69, 9.17) is 11.5 Å². The molecule has 1 aromatic rings. The summed E-state index contributed by atoms with van der Waals surface area (Å²) in [6.45, 7) is 3.33. The Morgan fingerprint density at radius 3 is 3.00 bits per heavy atom. The molecule has 2 amide bonds. The lowest BCUT2D eigenvalue weighted by molar-refractivity contribution is 0.237. The number of nitrogens with two attached hydrogens (primary N) is 2. The van der Waals surface area contributed by atoms with Gasteiger partial charge in [-0.15, -0.1) is 0 Å². The number of urea groups is 1. The van der Waals surface area contributed by atoms with Gasteiger partial charge in [-0.05, 0) is 29.7 Å². The van der Waals surface area contributed by atoms with Gasteiger partial charge in [0.2, 0.25) is 0 Å². The molecule has 0 radical (unpaired) electrons. The van der Waals surface area contributed by atoms with Gasteiger partial charge in [-0.25, -0.2) is 4.79 Å². The van der Waals surface area contributed by atoms with Gasteiger partial charge in [0.25, 0.3) is 0 Å². The maximum atomic E-state index is 10.6. The van der Waals surface area contributed by atoms with Crippen LogP contribution < -0.4 is 16.8 Å². The molecule has 0 spiro atoms. The van der Waals surface area contributed by atoms with E-state index in [1.165, 1.54) is 11.1 Å². The summed E-state index contributed by atoms with van der Waals surface area (Å²) in [6, 6.07) is 5.60. The van der Waals surface area contributed by atoms with E-state index in [0.717, 1.165) is 31.7 Å². The minimum Gasteiger partial charge on any atom is -0.399 e. The first-order valence-electron chi connectivity index (χ1n) is 5.78. The fourth-order valence-electron chi connectivity index (χ4n) is 2.16. The van der Waals surface area contributed by atoms with E-state index < -0.39 is 6.03 Å². The maximum absolute atomic E-state index is 10.6. The zero-order valence-electron chi connectivity index (χ0n) is 9.78. The van der Waals surface area contributed by atoms with Crippen molar-refractivity contribution >= 4 is 11.7 Å². The summed E-state index contributed by atoms with van der Waals surface area (Å²) in [5.41, 5.74) is 14.3. The molecule has 0 saturated carbocycles. The van der Waals surface area contributed by atoms with Crippen molar-refractivity contribution in [2.24, 2.45) is 5.73 Å². The topological polar surface area (TPSA) is 84.4 Å². The monoisotopic (exact) mass is 234 g/mol. The molecule has 17 heavy (non-hydrogen) atoms. The van der Waals surface area contributed by atoms with Crippen LogP contribution in [0, 0.1) is 0 Å². The van der Waals surface area contributed by atoms with E-state index in [9.17, 15) is 4.79 Å². The van der Waals surface area contributed by atoms with Gasteiger partial charge in [-0.3, -0.25) is 4.90 Å². The summed E-state index contributed by atoms with van der Waals surface area (Å²) in [5, 5.41) is 2.60. The standard InChI is InChI=1S/C12H18N4O/c13-11-2-1-10-8-16(5-3-9(10)7-11)6-4-15-12(14)17/h1-2,7H,3-6,8,13H2,(H3,14,15,17). The molecule has 5 N–H and O–H groups in total. The SMILES string of the molecule is NC(=O)NCCN1CCc2cc(N)ccc2C1. The number of rotatable bonds is 3. The van der Waals surface area contributed by atoms with Gasteiger partial charge in [0.1, 0.15) is 0 Å². The van der Waals surface area contributed by atoms with Crippen molar-refractivity contribution in [2.75, 3.05) is 25.4 Å². The van der Waals surface area contributed by atoms with Gasteiger partial charge in [0.05, 0.1) is 0 Å². The smallest absolute Gasteiger partial charge is 0.312 e. The number of nitrogen functional groups attached to an aromatic ring is 1. The van der Waals surface area contributed by atoms with Crippen molar-refractivity contribution in [3.8, 4) is 0 Å². The first-order chi connectivity index (χ1) is 8.15. The predicted octanol–water partition coefficient (Wildman–Crippen LogP) is 0.295. The van der Waals surface area contributed by atoms with Crippen LogP contribution in [0.15, 0.2) is 18.2 Å². The summed E-state index contributed by atoms with van der Waals surface area (Å²) in [6.07, 6.45) is 1.01. The Labute approximate surface area is 101 Å². The highest BCUT2D eigenvalue weighted by molar-refractivity contribution is 5.71. The summed E-state index contributed by atoms with van der Waals surface area (Å²) in [7, 11) is 0. The summed E-state index contributed by atoms with van der Waals surface area (Å²) in [4.78, 5) is 12.9. The fraction of sp³-hybridized carbons (Fsp3) is 0.417. The van der Waals surface area contributed by atoms with Gasteiger partial charge in [-0.2, -0.15) is 0 Å².